The molecular weight excluding hydrogens is 300 g/mol. The zero-order chi connectivity index (χ0) is 16.7. The molecular formula is C20H22N2O2. The second-order valence-corrected chi connectivity index (χ2v) is 7.09. The fourth-order valence-electron chi connectivity index (χ4n) is 4.24. The van der Waals surface area contributed by atoms with Gasteiger partial charge in [-0.3, -0.25) is 9.59 Å². The molecule has 3 atom stereocenters. The summed E-state index contributed by atoms with van der Waals surface area (Å²) in [6, 6.07) is 7.74. The highest BCUT2D eigenvalue weighted by molar-refractivity contribution is 6.07. The maximum atomic E-state index is 12.4. The Balaban J connectivity index is 1.45. The van der Waals surface area contributed by atoms with Gasteiger partial charge in [-0.1, -0.05) is 30.4 Å². The number of carbonyl (C=O) groups is 2. The molecule has 124 valence electrons. The van der Waals surface area contributed by atoms with Crippen LogP contribution in [-0.4, -0.2) is 22.8 Å². The largest absolute Gasteiger partial charge is 0.354 e. The molecule has 1 saturated carbocycles. The molecule has 4 heteroatoms. The number of Topliss-reactive ketones (excluding diaryl/α,β-unsaturated/α-hetero) is 1. The minimum absolute atomic E-state index is 0.0117. The van der Waals surface area contributed by atoms with Gasteiger partial charge in [0, 0.05) is 29.2 Å². The van der Waals surface area contributed by atoms with Gasteiger partial charge in [-0.25, -0.2) is 0 Å². The number of rotatable bonds is 5. The molecule has 2 aliphatic carbocycles. The number of hydrogen-bond donors (Lipinski definition) is 1. The minimum Gasteiger partial charge on any atom is -0.354 e. The van der Waals surface area contributed by atoms with Crippen LogP contribution in [0.25, 0.3) is 10.9 Å². The second-order valence-electron chi connectivity index (χ2n) is 7.09. The first-order chi connectivity index (χ1) is 11.6. The summed E-state index contributed by atoms with van der Waals surface area (Å²) in [5.74, 6) is 1.99. The Kier molecular flexibility index (Phi) is 3.75. The van der Waals surface area contributed by atoms with Crippen LogP contribution >= 0.6 is 0 Å². The normalized spacial score (nSPS) is 24.6. The van der Waals surface area contributed by atoms with E-state index in [4.69, 9.17) is 0 Å². The molecule has 1 fully saturated rings. The van der Waals surface area contributed by atoms with E-state index in [1.165, 1.54) is 12.8 Å². The number of benzene rings is 1. The van der Waals surface area contributed by atoms with Crippen molar-refractivity contribution in [3.8, 4) is 0 Å². The van der Waals surface area contributed by atoms with Gasteiger partial charge >= 0.3 is 0 Å². The Labute approximate surface area is 141 Å². The number of para-hydroxylation sites is 1. The van der Waals surface area contributed by atoms with Gasteiger partial charge in [-0.2, -0.15) is 0 Å². The summed E-state index contributed by atoms with van der Waals surface area (Å²) in [5, 5.41) is 4.00. The van der Waals surface area contributed by atoms with Gasteiger partial charge in [-0.05, 0) is 43.6 Å². The molecule has 4 nitrogen and oxygen atoms in total. The number of fused-ring (bicyclic) bond motifs is 3. The molecule has 0 radical (unpaired) electrons. The molecule has 0 aliphatic heterocycles. The lowest BCUT2D eigenvalue weighted by atomic mass is 9.94. The molecule has 4 rings (SSSR count). The van der Waals surface area contributed by atoms with E-state index in [2.05, 4.69) is 17.5 Å². The lowest BCUT2D eigenvalue weighted by molar-refractivity contribution is -0.121. The standard InChI is InChI=1S/C20H22N2O2/c1-13(23)18-11-22(19-5-3-2-4-17(18)19)12-20(24)21-10-16-9-14-6-7-15(16)8-14/h2-7,11,14-16H,8-10,12H2,1H3,(H,21,24)/t14-,15+,16-/m0/s1. The van der Waals surface area contributed by atoms with E-state index in [-0.39, 0.29) is 18.2 Å². The molecule has 2 aromatic rings. The summed E-state index contributed by atoms with van der Waals surface area (Å²) >= 11 is 0. The van der Waals surface area contributed by atoms with Crippen LogP contribution in [0, 0.1) is 17.8 Å². The van der Waals surface area contributed by atoms with Gasteiger partial charge < -0.3 is 9.88 Å². The fourth-order valence-corrected chi connectivity index (χ4v) is 4.24. The lowest BCUT2D eigenvalue weighted by Crippen LogP contribution is -2.33. The Bertz CT molecular complexity index is 833. The van der Waals surface area contributed by atoms with Crippen LogP contribution in [0.5, 0.6) is 0 Å². The van der Waals surface area contributed by atoms with E-state index in [0.29, 0.717) is 17.4 Å². The van der Waals surface area contributed by atoms with E-state index in [1.54, 1.807) is 13.1 Å². The second kappa shape index (κ2) is 5.93. The first kappa shape index (κ1) is 15.2. The van der Waals surface area contributed by atoms with Crippen LogP contribution < -0.4 is 5.32 Å². The summed E-state index contributed by atoms with van der Waals surface area (Å²) in [7, 11) is 0. The van der Waals surface area contributed by atoms with Crippen LogP contribution in [0.2, 0.25) is 0 Å². The van der Waals surface area contributed by atoms with E-state index in [9.17, 15) is 9.59 Å². The average Bonchev–Trinajstić information content (AvgIpc) is 3.27. The van der Waals surface area contributed by atoms with Gasteiger partial charge in [0.1, 0.15) is 6.54 Å². The van der Waals surface area contributed by atoms with Crippen molar-refractivity contribution in [3.63, 3.8) is 0 Å². The Morgan fingerprint density at radius 2 is 2.04 bits per heavy atom. The Morgan fingerprint density at radius 3 is 2.75 bits per heavy atom. The summed E-state index contributed by atoms with van der Waals surface area (Å²) in [5.41, 5.74) is 1.61. The molecule has 24 heavy (non-hydrogen) atoms. The zero-order valence-electron chi connectivity index (χ0n) is 13.9. The number of allylic oxidation sites excluding steroid dienone is 2. The van der Waals surface area contributed by atoms with Crippen molar-refractivity contribution in [1.82, 2.24) is 9.88 Å². The van der Waals surface area contributed by atoms with Crippen LogP contribution in [0.3, 0.4) is 0 Å². The molecule has 0 unspecified atom stereocenters. The number of carbonyl (C=O) groups excluding carboxylic acids is 2. The molecule has 0 spiro atoms. The first-order valence-electron chi connectivity index (χ1n) is 8.65. The van der Waals surface area contributed by atoms with Crippen molar-refractivity contribution in [2.24, 2.45) is 17.8 Å². The summed E-state index contributed by atoms with van der Waals surface area (Å²) in [6.45, 7) is 2.57. The van der Waals surface area contributed by atoms with Gasteiger partial charge in [0.2, 0.25) is 5.91 Å². The third-order valence-electron chi connectivity index (χ3n) is 5.46. The number of nitrogens with zero attached hydrogens (tertiary/aromatic N) is 1. The molecule has 1 N–H and O–H groups in total. The number of hydrogen-bond acceptors (Lipinski definition) is 2. The van der Waals surface area contributed by atoms with E-state index < -0.39 is 0 Å². The molecule has 2 aliphatic rings. The molecule has 1 aromatic heterocycles. The van der Waals surface area contributed by atoms with Gasteiger partial charge in [-0.15, -0.1) is 0 Å². The van der Waals surface area contributed by atoms with E-state index >= 15 is 0 Å². The van der Waals surface area contributed by atoms with E-state index in [1.807, 2.05) is 28.8 Å². The molecule has 2 bridgehead atoms. The number of nitrogens with one attached hydrogen (secondary N) is 1. The zero-order valence-corrected chi connectivity index (χ0v) is 13.9. The van der Waals surface area contributed by atoms with Crippen molar-refractivity contribution in [2.45, 2.75) is 26.3 Å². The van der Waals surface area contributed by atoms with Crippen LogP contribution in [-0.2, 0) is 11.3 Å². The molecule has 1 heterocycles. The lowest BCUT2D eigenvalue weighted by Gasteiger charge is -2.18. The molecule has 1 amide bonds. The van der Waals surface area contributed by atoms with Crippen molar-refractivity contribution in [3.05, 3.63) is 48.2 Å². The van der Waals surface area contributed by atoms with Crippen molar-refractivity contribution >= 4 is 22.6 Å². The van der Waals surface area contributed by atoms with Gasteiger partial charge in [0.15, 0.2) is 5.78 Å². The van der Waals surface area contributed by atoms with Crippen molar-refractivity contribution in [1.29, 1.82) is 0 Å². The van der Waals surface area contributed by atoms with Crippen LogP contribution in [0.4, 0.5) is 0 Å². The van der Waals surface area contributed by atoms with Gasteiger partial charge in [0.25, 0.3) is 0 Å². The summed E-state index contributed by atoms with van der Waals surface area (Å²) in [6.07, 6.45) is 8.88. The average molecular weight is 322 g/mol. The number of ketones is 1. The smallest absolute Gasteiger partial charge is 0.239 e. The summed E-state index contributed by atoms with van der Waals surface area (Å²) < 4.78 is 1.88. The minimum atomic E-state index is 0.0117. The van der Waals surface area contributed by atoms with Crippen molar-refractivity contribution in [2.75, 3.05) is 6.54 Å². The number of aromatic nitrogens is 1. The SMILES string of the molecule is CC(=O)c1cn(CC(=O)NC[C@@H]2C[C@H]3C=C[C@@H]2C3)c2ccccc12. The summed E-state index contributed by atoms with van der Waals surface area (Å²) in [4.78, 5) is 24.2. The van der Waals surface area contributed by atoms with Crippen LogP contribution in [0.15, 0.2) is 42.6 Å². The van der Waals surface area contributed by atoms with E-state index in [0.717, 1.165) is 23.4 Å². The highest BCUT2D eigenvalue weighted by Gasteiger charge is 2.35. The Hall–Kier alpha value is -2.36. The molecule has 1 aromatic carbocycles. The maximum absolute atomic E-state index is 12.4. The highest BCUT2D eigenvalue weighted by atomic mass is 16.2. The predicted molar refractivity (Wildman–Crippen MR) is 93.8 cm³/mol. The van der Waals surface area contributed by atoms with Crippen LogP contribution in [0.1, 0.15) is 30.1 Å². The molecule has 0 saturated heterocycles. The monoisotopic (exact) mass is 322 g/mol. The quantitative estimate of drug-likeness (QED) is 0.679. The topological polar surface area (TPSA) is 51.1 Å². The maximum Gasteiger partial charge on any atom is 0.239 e. The number of amides is 1. The highest BCUT2D eigenvalue weighted by Crippen LogP contribution is 2.42. The Morgan fingerprint density at radius 1 is 1.21 bits per heavy atom. The predicted octanol–water partition coefficient (Wildman–Crippen LogP) is 3.17. The fraction of sp³-hybridized carbons (Fsp3) is 0.400. The van der Waals surface area contributed by atoms with Gasteiger partial charge in [0.05, 0.1) is 0 Å². The third kappa shape index (κ3) is 2.66. The van der Waals surface area contributed by atoms with Crippen molar-refractivity contribution < 1.29 is 9.59 Å². The first-order valence-corrected chi connectivity index (χ1v) is 8.65. The third-order valence-corrected chi connectivity index (χ3v) is 5.46.